The van der Waals surface area contributed by atoms with Crippen LogP contribution in [0.4, 0.5) is 16.2 Å². The number of aliphatic hydroxyl groups is 1. The van der Waals surface area contributed by atoms with E-state index in [0.717, 1.165) is 41.7 Å². The maximum absolute atomic E-state index is 12.7. The summed E-state index contributed by atoms with van der Waals surface area (Å²) >= 11 is 0. The first-order valence-corrected chi connectivity index (χ1v) is 20.9. The Morgan fingerprint density at radius 3 is 1.80 bits per heavy atom. The maximum Gasteiger partial charge on any atom is 0.533 e. The van der Waals surface area contributed by atoms with Gasteiger partial charge in [0.25, 0.3) is 11.8 Å². The van der Waals surface area contributed by atoms with Crippen molar-refractivity contribution in [2.75, 3.05) is 77.1 Å². The van der Waals surface area contributed by atoms with Gasteiger partial charge in [-0.2, -0.15) is 0 Å². The lowest BCUT2D eigenvalue weighted by atomic mass is 9.97. The van der Waals surface area contributed by atoms with Crippen molar-refractivity contribution in [1.82, 2.24) is 15.7 Å². The molecule has 1 fully saturated rings. The number of hydrogen-bond acceptors (Lipinski definition) is 13. The molecule has 2 aliphatic rings. The quantitative estimate of drug-likeness (QED) is 0.0504. The molecule has 336 valence electrons. The Morgan fingerprint density at radius 2 is 1.25 bits per heavy atom. The number of rotatable bonds is 26. The van der Waals surface area contributed by atoms with Crippen molar-refractivity contribution in [2.45, 2.75) is 90.4 Å². The Kier molecular flexibility index (Phi) is 23.1. The molecule has 6 amide bonds. The van der Waals surface area contributed by atoms with Crippen molar-refractivity contribution in [3.8, 4) is 11.1 Å². The SMILES string of the molecule is CCC(=O)NCCOCCCOC.CCCC(=O)Nc1ccc2c(c1)C(COC(=O)ON1C(=O)CCC1=O)c1cc(NC(=O)CCCC(=O)NCCOCCCCO)ccc1-2. The number of amides is 6. The monoisotopic (exact) mass is 855 g/mol. The van der Waals surface area contributed by atoms with Crippen molar-refractivity contribution in [3.05, 3.63) is 47.5 Å². The number of nitrogens with zero attached hydrogens (tertiary/aromatic N) is 1. The number of carbonyl (C=O) groups excluding carboxylic acids is 7. The minimum atomic E-state index is -1.21. The molecule has 0 aromatic heterocycles. The Morgan fingerprint density at radius 1 is 0.689 bits per heavy atom. The van der Waals surface area contributed by atoms with Gasteiger partial charge < -0.3 is 45.3 Å². The Labute approximate surface area is 356 Å². The minimum absolute atomic E-state index is 0.0492. The van der Waals surface area contributed by atoms with Crippen LogP contribution in [-0.4, -0.2) is 118 Å². The van der Waals surface area contributed by atoms with Gasteiger partial charge in [-0.15, -0.1) is 0 Å². The summed E-state index contributed by atoms with van der Waals surface area (Å²) < 4.78 is 20.8. The number of methoxy groups -OCH3 is 1. The molecule has 0 bridgehead atoms. The van der Waals surface area contributed by atoms with Crippen LogP contribution >= 0.6 is 0 Å². The summed E-state index contributed by atoms with van der Waals surface area (Å²) in [5.41, 5.74) is 4.29. The fraction of sp³-hybridized carbons (Fsp3) is 0.558. The third-order valence-electron chi connectivity index (χ3n) is 9.33. The Hall–Kier alpha value is -5.43. The minimum Gasteiger partial charge on any atom is -0.432 e. The second kappa shape index (κ2) is 28.2. The summed E-state index contributed by atoms with van der Waals surface area (Å²) in [6.07, 6.45) is 3.25. The first-order valence-electron chi connectivity index (χ1n) is 20.9. The summed E-state index contributed by atoms with van der Waals surface area (Å²) in [7, 11) is 1.67. The van der Waals surface area contributed by atoms with Crippen LogP contribution in [0.3, 0.4) is 0 Å². The number of anilines is 2. The zero-order chi connectivity index (χ0) is 44.4. The van der Waals surface area contributed by atoms with E-state index in [4.69, 9.17) is 28.9 Å². The van der Waals surface area contributed by atoms with Crippen molar-refractivity contribution >= 4 is 53.0 Å². The molecule has 2 aromatic rings. The molecule has 1 atom stereocenters. The van der Waals surface area contributed by atoms with E-state index in [1.165, 1.54) is 0 Å². The lowest BCUT2D eigenvalue weighted by Crippen LogP contribution is -2.32. The number of nitrogens with one attached hydrogen (secondary N) is 4. The molecule has 5 N–H and O–H groups in total. The normalized spacial score (nSPS) is 13.7. The standard InChI is InChI=1S/C34H42N4O10.C9H19NO3/c1-2-6-30(41)36-22-9-11-24-25-12-10-23(37-31(42)8-5-7-29(40)35-15-18-46-17-4-3-16-39)20-27(25)28(26(24)19-22)21-47-34(45)48-38-32(43)13-14-33(38)44;1-3-9(11)10-5-8-13-7-4-6-12-2/h9-12,19-20,28,39H,2-8,13-18,21H2,1H3,(H,35,40)(H,36,41)(H,37,42);3-8H2,1-2H3,(H,10,11). The number of imide groups is 1. The van der Waals surface area contributed by atoms with Crippen LogP contribution in [0.1, 0.15) is 102 Å². The summed E-state index contributed by atoms with van der Waals surface area (Å²) in [5, 5.41) is 20.4. The topological polar surface area (TPSA) is 237 Å². The fourth-order valence-electron chi connectivity index (χ4n) is 6.25. The molecule has 0 spiro atoms. The van der Waals surface area contributed by atoms with Crippen molar-refractivity contribution < 1.29 is 62.5 Å². The second-order valence-electron chi connectivity index (χ2n) is 14.1. The molecule has 1 saturated heterocycles. The molecule has 18 heteroatoms. The average Bonchev–Trinajstić information content (AvgIpc) is 3.72. The Balaban J connectivity index is 0.000000657. The van der Waals surface area contributed by atoms with E-state index in [1.807, 2.05) is 32.0 Å². The van der Waals surface area contributed by atoms with Gasteiger partial charge in [0.1, 0.15) is 6.61 Å². The van der Waals surface area contributed by atoms with Gasteiger partial charge >= 0.3 is 6.16 Å². The number of unbranched alkanes of at least 4 members (excludes halogenated alkanes) is 1. The highest BCUT2D eigenvalue weighted by Crippen LogP contribution is 2.47. The first kappa shape index (κ1) is 49.9. The molecule has 1 unspecified atom stereocenters. The molecule has 18 nitrogen and oxygen atoms in total. The lowest BCUT2D eigenvalue weighted by Gasteiger charge is -2.17. The van der Waals surface area contributed by atoms with Crippen LogP contribution in [0.5, 0.6) is 0 Å². The highest BCUT2D eigenvalue weighted by atomic mass is 16.8. The van der Waals surface area contributed by atoms with Gasteiger partial charge in [-0.3, -0.25) is 33.6 Å². The van der Waals surface area contributed by atoms with Crippen LogP contribution in [-0.2, 0) is 52.6 Å². The van der Waals surface area contributed by atoms with Crippen molar-refractivity contribution in [2.24, 2.45) is 0 Å². The van der Waals surface area contributed by atoms with E-state index in [-0.39, 0.29) is 62.5 Å². The van der Waals surface area contributed by atoms with E-state index < -0.39 is 23.9 Å². The number of fused-ring (bicyclic) bond motifs is 3. The molecule has 1 heterocycles. The molecule has 1 aliphatic carbocycles. The fourth-order valence-corrected chi connectivity index (χ4v) is 6.25. The number of ether oxygens (including phenoxy) is 4. The molecule has 1 aliphatic heterocycles. The number of carbonyl (C=O) groups is 7. The molecular weight excluding hydrogens is 794 g/mol. The molecule has 2 aromatic carbocycles. The molecule has 61 heavy (non-hydrogen) atoms. The summed E-state index contributed by atoms with van der Waals surface area (Å²) in [6, 6.07) is 10.8. The van der Waals surface area contributed by atoms with Gasteiger partial charge in [-0.05, 0) is 78.6 Å². The number of aliphatic hydroxyl groups excluding tert-OH is 1. The van der Waals surface area contributed by atoms with E-state index in [0.29, 0.717) is 88.1 Å². The first-order chi connectivity index (χ1) is 29.5. The smallest absolute Gasteiger partial charge is 0.432 e. The number of hydrogen-bond donors (Lipinski definition) is 5. The summed E-state index contributed by atoms with van der Waals surface area (Å²) in [5.74, 6) is -2.29. The van der Waals surface area contributed by atoms with Gasteiger partial charge in [0.05, 0.1) is 13.2 Å². The van der Waals surface area contributed by atoms with Gasteiger partial charge in [-0.1, -0.05) is 31.0 Å². The highest BCUT2D eigenvalue weighted by molar-refractivity contribution is 6.01. The largest absolute Gasteiger partial charge is 0.533 e. The highest BCUT2D eigenvalue weighted by Gasteiger charge is 2.35. The third kappa shape index (κ3) is 18.0. The van der Waals surface area contributed by atoms with Crippen LogP contribution in [0.2, 0.25) is 0 Å². The van der Waals surface area contributed by atoms with Crippen LogP contribution in [0.25, 0.3) is 11.1 Å². The van der Waals surface area contributed by atoms with Crippen LogP contribution in [0.15, 0.2) is 36.4 Å². The summed E-state index contributed by atoms with van der Waals surface area (Å²) in [4.78, 5) is 89.0. The van der Waals surface area contributed by atoms with Crippen LogP contribution in [0, 0.1) is 0 Å². The van der Waals surface area contributed by atoms with E-state index in [9.17, 15) is 33.6 Å². The molecule has 0 radical (unpaired) electrons. The zero-order valence-electron chi connectivity index (χ0n) is 35.5. The van der Waals surface area contributed by atoms with Crippen molar-refractivity contribution in [1.29, 1.82) is 0 Å². The van der Waals surface area contributed by atoms with E-state index in [2.05, 4.69) is 21.3 Å². The molecular formula is C43H61N5O13. The average molecular weight is 856 g/mol. The summed E-state index contributed by atoms with van der Waals surface area (Å²) in [6.45, 7) is 7.50. The van der Waals surface area contributed by atoms with Crippen molar-refractivity contribution in [3.63, 3.8) is 0 Å². The lowest BCUT2D eigenvalue weighted by molar-refractivity contribution is -0.177. The van der Waals surface area contributed by atoms with Gasteiger partial charge in [0.2, 0.25) is 23.6 Å². The number of benzene rings is 2. The number of hydroxylamine groups is 2. The third-order valence-corrected chi connectivity index (χ3v) is 9.33. The zero-order valence-corrected chi connectivity index (χ0v) is 35.5. The molecule has 0 saturated carbocycles. The maximum atomic E-state index is 12.7. The molecule has 4 rings (SSSR count). The van der Waals surface area contributed by atoms with Gasteiger partial charge in [0.15, 0.2) is 0 Å². The second-order valence-corrected chi connectivity index (χ2v) is 14.1. The van der Waals surface area contributed by atoms with E-state index in [1.54, 1.807) is 25.3 Å². The van der Waals surface area contributed by atoms with Crippen LogP contribution < -0.4 is 21.3 Å². The van der Waals surface area contributed by atoms with Gasteiger partial charge in [-0.25, -0.2) is 4.79 Å². The predicted octanol–water partition coefficient (Wildman–Crippen LogP) is 4.33. The predicted molar refractivity (Wildman–Crippen MR) is 224 cm³/mol. The Bertz CT molecular complexity index is 1760. The van der Waals surface area contributed by atoms with E-state index >= 15 is 0 Å². The van der Waals surface area contributed by atoms with Gasteiger partial charge in [0, 0.05) is 102 Å².